The SMILES string of the molecule is O=C(OCc1nc(-c2cccs2)no1)c1ccc(Br)cc1F. The highest BCUT2D eigenvalue weighted by Gasteiger charge is 2.16. The predicted molar refractivity (Wildman–Crippen MR) is 80.8 cm³/mol. The number of nitrogens with zero attached hydrogens (tertiary/aromatic N) is 2. The van der Waals surface area contributed by atoms with Crippen LogP contribution >= 0.6 is 27.3 Å². The lowest BCUT2D eigenvalue weighted by Crippen LogP contribution is -2.07. The standard InChI is InChI=1S/C14H8BrFN2O3S/c15-8-3-4-9(10(16)6-8)14(19)20-7-12-17-13(18-21-12)11-2-1-5-22-11/h1-6H,7H2. The van der Waals surface area contributed by atoms with Crippen LogP contribution in [0.1, 0.15) is 16.2 Å². The molecule has 0 spiro atoms. The smallest absolute Gasteiger partial charge is 0.341 e. The molecule has 0 aliphatic carbocycles. The van der Waals surface area contributed by atoms with Crippen LogP contribution in [-0.2, 0) is 11.3 Å². The number of hydrogen-bond acceptors (Lipinski definition) is 6. The average molecular weight is 383 g/mol. The Balaban J connectivity index is 1.66. The van der Waals surface area contributed by atoms with Crippen LogP contribution in [0.2, 0.25) is 0 Å². The largest absolute Gasteiger partial charge is 0.452 e. The van der Waals surface area contributed by atoms with Crippen LogP contribution in [0.5, 0.6) is 0 Å². The Bertz CT molecular complexity index is 804. The molecule has 0 amide bonds. The van der Waals surface area contributed by atoms with Crippen molar-refractivity contribution in [3.63, 3.8) is 0 Å². The molecule has 2 aromatic heterocycles. The molecule has 112 valence electrons. The van der Waals surface area contributed by atoms with Crippen molar-refractivity contribution in [2.24, 2.45) is 0 Å². The lowest BCUT2D eigenvalue weighted by molar-refractivity contribution is 0.0424. The van der Waals surface area contributed by atoms with Crippen LogP contribution in [0.15, 0.2) is 44.7 Å². The first-order valence-electron chi connectivity index (χ1n) is 6.12. The van der Waals surface area contributed by atoms with Crippen molar-refractivity contribution in [3.8, 4) is 10.7 Å². The molecule has 22 heavy (non-hydrogen) atoms. The summed E-state index contributed by atoms with van der Waals surface area (Å²) < 4.78 is 24.1. The predicted octanol–water partition coefficient (Wildman–Crippen LogP) is 4.06. The van der Waals surface area contributed by atoms with E-state index in [-0.39, 0.29) is 18.1 Å². The van der Waals surface area contributed by atoms with Gasteiger partial charge >= 0.3 is 5.97 Å². The number of carbonyl (C=O) groups excluding carboxylic acids is 1. The zero-order valence-corrected chi connectivity index (χ0v) is 13.4. The van der Waals surface area contributed by atoms with Gasteiger partial charge < -0.3 is 9.26 Å². The van der Waals surface area contributed by atoms with E-state index >= 15 is 0 Å². The molecular weight excluding hydrogens is 375 g/mol. The molecule has 8 heteroatoms. The van der Waals surface area contributed by atoms with Crippen LogP contribution in [-0.4, -0.2) is 16.1 Å². The Labute approximate surface area is 136 Å². The number of hydrogen-bond donors (Lipinski definition) is 0. The third-order valence-corrected chi connectivity index (χ3v) is 4.05. The number of ether oxygens (including phenoxy) is 1. The molecule has 0 fully saturated rings. The van der Waals surface area contributed by atoms with E-state index in [2.05, 4.69) is 26.1 Å². The maximum absolute atomic E-state index is 13.6. The topological polar surface area (TPSA) is 65.2 Å². The van der Waals surface area contributed by atoms with E-state index < -0.39 is 11.8 Å². The highest BCUT2D eigenvalue weighted by atomic mass is 79.9. The van der Waals surface area contributed by atoms with Gasteiger partial charge in [-0.1, -0.05) is 27.2 Å². The zero-order valence-electron chi connectivity index (χ0n) is 11.0. The minimum absolute atomic E-state index is 0.147. The summed E-state index contributed by atoms with van der Waals surface area (Å²) in [6, 6.07) is 7.81. The number of halogens is 2. The molecule has 1 aromatic carbocycles. The Morgan fingerprint density at radius 3 is 3.00 bits per heavy atom. The number of esters is 1. The Kier molecular flexibility index (Phi) is 4.30. The second-order valence-electron chi connectivity index (χ2n) is 4.19. The van der Waals surface area contributed by atoms with Gasteiger partial charge in [0.2, 0.25) is 5.82 Å². The maximum atomic E-state index is 13.6. The van der Waals surface area contributed by atoms with Gasteiger partial charge in [-0.15, -0.1) is 11.3 Å². The second-order valence-corrected chi connectivity index (χ2v) is 6.05. The molecule has 3 aromatic rings. The van der Waals surface area contributed by atoms with Gasteiger partial charge in [-0.05, 0) is 29.6 Å². The van der Waals surface area contributed by atoms with Crippen molar-refractivity contribution in [1.29, 1.82) is 0 Å². The quantitative estimate of drug-likeness (QED) is 0.636. The first-order chi connectivity index (χ1) is 10.6. The lowest BCUT2D eigenvalue weighted by Gasteiger charge is -2.03. The Morgan fingerprint density at radius 2 is 2.27 bits per heavy atom. The molecule has 0 aliphatic rings. The summed E-state index contributed by atoms with van der Waals surface area (Å²) in [7, 11) is 0. The van der Waals surface area contributed by atoms with Crippen molar-refractivity contribution < 1.29 is 18.4 Å². The molecule has 0 N–H and O–H groups in total. The summed E-state index contributed by atoms with van der Waals surface area (Å²) in [5, 5.41) is 5.68. The van der Waals surface area contributed by atoms with Gasteiger partial charge in [0.1, 0.15) is 5.82 Å². The summed E-state index contributed by atoms with van der Waals surface area (Å²) in [6.45, 7) is -0.216. The van der Waals surface area contributed by atoms with Crippen LogP contribution in [0, 0.1) is 5.82 Å². The molecule has 0 radical (unpaired) electrons. The van der Waals surface area contributed by atoms with Crippen LogP contribution in [0.4, 0.5) is 4.39 Å². The normalized spacial score (nSPS) is 10.6. The fourth-order valence-electron chi connectivity index (χ4n) is 1.68. The molecule has 0 unspecified atom stereocenters. The van der Waals surface area contributed by atoms with Gasteiger partial charge in [0, 0.05) is 4.47 Å². The van der Waals surface area contributed by atoms with Crippen LogP contribution in [0.25, 0.3) is 10.7 Å². The number of aromatic nitrogens is 2. The molecule has 5 nitrogen and oxygen atoms in total. The number of carbonyl (C=O) groups is 1. The highest BCUT2D eigenvalue weighted by Crippen LogP contribution is 2.21. The van der Waals surface area contributed by atoms with Crippen LogP contribution < -0.4 is 0 Å². The van der Waals surface area contributed by atoms with Gasteiger partial charge in [-0.25, -0.2) is 9.18 Å². The zero-order chi connectivity index (χ0) is 15.5. The van der Waals surface area contributed by atoms with Gasteiger partial charge in [0.25, 0.3) is 5.89 Å². The van der Waals surface area contributed by atoms with E-state index in [1.165, 1.54) is 23.5 Å². The molecule has 0 bridgehead atoms. The fourth-order valence-corrected chi connectivity index (χ4v) is 2.66. The molecule has 2 heterocycles. The number of rotatable bonds is 4. The van der Waals surface area contributed by atoms with E-state index in [0.717, 1.165) is 4.88 Å². The van der Waals surface area contributed by atoms with Crippen molar-refractivity contribution in [2.45, 2.75) is 6.61 Å². The van der Waals surface area contributed by atoms with Crippen molar-refractivity contribution >= 4 is 33.2 Å². The van der Waals surface area contributed by atoms with E-state index in [0.29, 0.717) is 10.3 Å². The van der Waals surface area contributed by atoms with E-state index in [1.54, 1.807) is 6.07 Å². The highest BCUT2D eigenvalue weighted by molar-refractivity contribution is 9.10. The first-order valence-corrected chi connectivity index (χ1v) is 7.79. The van der Waals surface area contributed by atoms with Crippen LogP contribution in [0.3, 0.4) is 0 Å². The third-order valence-electron chi connectivity index (χ3n) is 2.69. The van der Waals surface area contributed by atoms with E-state index in [4.69, 9.17) is 9.26 Å². The van der Waals surface area contributed by atoms with Gasteiger partial charge in [0.15, 0.2) is 6.61 Å². The van der Waals surface area contributed by atoms with Crippen molar-refractivity contribution in [3.05, 3.63) is 57.5 Å². The minimum atomic E-state index is -0.791. The molecule has 0 saturated carbocycles. The molecule has 0 atom stereocenters. The fraction of sp³-hybridized carbons (Fsp3) is 0.0714. The van der Waals surface area contributed by atoms with E-state index in [9.17, 15) is 9.18 Å². The Hall–Kier alpha value is -2.06. The summed E-state index contributed by atoms with van der Waals surface area (Å²) in [5.41, 5.74) is -0.152. The minimum Gasteiger partial charge on any atom is -0.452 e. The lowest BCUT2D eigenvalue weighted by atomic mass is 10.2. The summed E-state index contributed by atoms with van der Waals surface area (Å²) in [4.78, 5) is 16.8. The monoisotopic (exact) mass is 382 g/mol. The van der Waals surface area contributed by atoms with Gasteiger partial charge in [-0.2, -0.15) is 4.98 Å². The third kappa shape index (κ3) is 3.23. The maximum Gasteiger partial charge on any atom is 0.341 e. The summed E-state index contributed by atoms with van der Waals surface area (Å²) >= 11 is 4.59. The summed E-state index contributed by atoms with van der Waals surface area (Å²) in [5.74, 6) is -0.879. The van der Waals surface area contributed by atoms with Gasteiger partial charge in [-0.3, -0.25) is 0 Å². The van der Waals surface area contributed by atoms with Crippen molar-refractivity contribution in [2.75, 3.05) is 0 Å². The molecule has 0 saturated heterocycles. The number of benzene rings is 1. The summed E-state index contributed by atoms with van der Waals surface area (Å²) in [6.07, 6.45) is 0. The molecule has 0 aliphatic heterocycles. The number of thiophene rings is 1. The molecular formula is C14H8BrFN2O3S. The van der Waals surface area contributed by atoms with E-state index in [1.807, 2.05) is 17.5 Å². The Morgan fingerprint density at radius 1 is 1.41 bits per heavy atom. The average Bonchev–Trinajstić information content (AvgIpc) is 3.16. The second kappa shape index (κ2) is 6.37. The van der Waals surface area contributed by atoms with Crippen molar-refractivity contribution in [1.82, 2.24) is 10.1 Å². The molecule has 3 rings (SSSR count). The first kappa shape index (κ1) is 14.9. The van der Waals surface area contributed by atoms with Gasteiger partial charge in [0.05, 0.1) is 10.4 Å².